The lowest BCUT2D eigenvalue weighted by molar-refractivity contribution is -0.134. The van der Waals surface area contributed by atoms with E-state index in [1.54, 1.807) is 6.92 Å². The molecule has 0 saturated heterocycles. The van der Waals surface area contributed by atoms with Crippen molar-refractivity contribution < 1.29 is 26.7 Å². The second kappa shape index (κ2) is 6.01. The van der Waals surface area contributed by atoms with Gasteiger partial charge in [0.05, 0.1) is 17.9 Å². The second-order valence-corrected chi connectivity index (χ2v) is 6.05. The fraction of sp³-hybridized carbons (Fsp3) is 1.00. The smallest absolute Gasteiger partial charge is 0.389 e. The van der Waals surface area contributed by atoms with Gasteiger partial charge < -0.3 is 5.11 Å². The summed E-state index contributed by atoms with van der Waals surface area (Å²) in [5.74, 6) is -0.595. The third-order valence-corrected chi connectivity index (χ3v) is 4.03. The molecule has 0 aliphatic heterocycles. The van der Waals surface area contributed by atoms with Gasteiger partial charge in [-0.3, -0.25) is 0 Å². The molecule has 0 fully saturated rings. The van der Waals surface area contributed by atoms with Crippen LogP contribution in [0.25, 0.3) is 0 Å². The van der Waals surface area contributed by atoms with E-state index in [4.69, 9.17) is 5.11 Å². The average Bonchev–Trinajstić information content (AvgIpc) is 2.14. The molecule has 104 valence electrons. The summed E-state index contributed by atoms with van der Waals surface area (Å²) < 4.78 is 60.7. The van der Waals surface area contributed by atoms with Crippen molar-refractivity contribution in [2.45, 2.75) is 44.8 Å². The van der Waals surface area contributed by atoms with Crippen LogP contribution in [-0.2, 0) is 10.0 Å². The first-order valence-corrected chi connectivity index (χ1v) is 6.88. The van der Waals surface area contributed by atoms with Gasteiger partial charge in [0.1, 0.15) is 0 Å². The minimum atomic E-state index is -4.35. The quantitative estimate of drug-likeness (QED) is 0.739. The summed E-state index contributed by atoms with van der Waals surface area (Å²) in [5, 5.41) is 9.00. The minimum Gasteiger partial charge on any atom is -0.394 e. The largest absolute Gasteiger partial charge is 0.394 e. The highest BCUT2D eigenvalue weighted by atomic mass is 32.2. The third kappa shape index (κ3) is 7.56. The zero-order valence-corrected chi connectivity index (χ0v) is 10.7. The molecule has 4 nitrogen and oxygen atoms in total. The zero-order chi connectivity index (χ0) is 13.7. The highest BCUT2D eigenvalue weighted by molar-refractivity contribution is 7.89. The van der Waals surface area contributed by atoms with Gasteiger partial charge in [-0.1, -0.05) is 6.92 Å². The second-order valence-electron chi connectivity index (χ2n) is 4.21. The number of nitrogens with one attached hydrogen (secondary N) is 1. The van der Waals surface area contributed by atoms with Crippen LogP contribution in [0.2, 0.25) is 0 Å². The molecule has 0 bridgehead atoms. The van der Waals surface area contributed by atoms with E-state index in [9.17, 15) is 21.6 Å². The molecule has 1 atom stereocenters. The first-order chi connectivity index (χ1) is 7.54. The highest BCUT2D eigenvalue weighted by Crippen LogP contribution is 2.21. The Bertz CT molecular complexity index is 323. The molecule has 8 heteroatoms. The van der Waals surface area contributed by atoms with Crippen LogP contribution in [-0.4, -0.2) is 37.6 Å². The molecule has 0 saturated carbocycles. The summed E-state index contributed by atoms with van der Waals surface area (Å²) in [7, 11) is -3.80. The maximum Gasteiger partial charge on any atom is 0.389 e. The molecule has 2 N–H and O–H groups in total. The molecule has 0 aromatic carbocycles. The number of aliphatic hydroxyl groups is 1. The van der Waals surface area contributed by atoms with Crippen molar-refractivity contribution >= 4 is 10.0 Å². The number of hydrogen-bond acceptors (Lipinski definition) is 3. The van der Waals surface area contributed by atoms with Crippen LogP contribution in [0.3, 0.4) is 0 Å². The number of halogens is 3. The molecule has 0 rings (SSSR count). The molecular weight excluding hydrogens is 259 g/mol. The van der Waals surface area contributed by atoms with Crippen molar-refractivity contribution in [1.82, 2.24) is 4.72 Å². The minimum absolute atomic E-state index is 0.349. The van der Waals surface area contributed by atoms with Crippen molar-refractivity contribution in [2.75, 3.05) is 12.4 Å². The molecule has 0 aliphatic carbocycles. The number of rotatable bonds is 7. The lowest BCUT2D eigenvalue weighted by Crippen LogP contribution is -2.49. The van der Waals surface area contributed by atoms with E-state index in [-0.39, 0.29) is 0 Å². The SMILES string of the molecule is CCC(C)(CO)NS(=O)(=O)CCCC(F)(F)F. The van der Waals surface area contributed by atoms with Crippen molar-refractivity contribution in [1.29, 1.82) is 0 Å². The molecule has 0 heterocycles. The normalized spacial score (nSPS) is 16.8. The number of hydrogen-bond donors (Lipinski definition) is 2. The van der Waals surface area contributed by atoms with Gasteiger partial charge in [0, 0.05) is 6.42 Å². The van der Waals surface area contributed by atoms with Gasteiger partial charge in [-0.2, -0.15) is 13.2 Å². The number of sulfonamides is 1. The summed E-state index contributed by atoms with van der Waals surface area (Å²) in [5.41, 5.74) is -1.02. The Kier molecular flexibility index (Phi) is 5.89. The van der Waals surface area contributed by atoms with Gasteiger partial charge in [-0.15, -0.1) is 0 Å². The van der Waals surface area contributed by atoms with Gasteiger partial charge in [-0.25, -0.2) is 13.1 Å². The van der Waals surface area contributed by atoms with Crippen LogP contribution in [0.15, 0.2) is 0 Å². The van der Waals surface area contributed by atoms with E-state index in [1.165, 1.54) is 6.92 Å². The van der Waals surface area contributed by atoms with Crippen molar-refractivity contribution in [3.63, 3.8) is 0 Å². The van der Waals surface area contributed by atoms with Crippen molar-refractivity contribution in [3.05, 3.63) is 0 Å². The van der Waals surface area contributed by atoms with Crippen LogP contribution < -0.4 is 4.72 Å². The number of aliphatic hydroxyl groups excluding tert-OH is 1. The highest BCUT2D eigenvalue weighted by Gasteiger charge is 2.30. The van der Waals surface area contributed by atoms with E-state index in [2.05, 4.69) is 4.72 Å². The van der Waals surface area contributed by atoms with E-state index in [1.807, 2.05) is 0 Å². The first kappa shape index (κ1) is 16.7. The van der Waals surface area contributed by atoms with E-state index >= 15 is 0 Å². The van der Waals surface area contributed by atoms with Crippen molar-refractivity contribution in [3.8, 4) is 0 Å². The van der Waals surface area contributed by atoms with Crippen LogP contribution in [0.5, 0.6) is 0 Å². The predicted octanol–water partition coefficient (Wildman–Crippen LogP) is 1.41. The summed E-state index contributed by atoms with van der Waals surface area (Å²) in [6, 6.07) is 0. The molecule has 0 amide bonds. The third-order valence-electron chi connectivity index (χ3n) is 2.40. The van der Waals surface area contributed by atoms with Crippen molar-refractivity contribution in [2.24, 2.45) is 0 Å². The molecule has 1 unspecified atom stereocenters. The monoisotopic (exact) mass is 277 g/mol. The molecule has 17 heavy (non-hydrogen) atoms. The maximum atomic E-state index is 11.8. The van der Waals surface area contributed by atoms with Crippen LogP contribution in [0, 0.1) is 0 Å². The Morgan fingerprint density at radius 2 is 1.82 bits per heavy atom. The first-order valence-electron chi connectivity index (χ1n) is 5.23. The standard InChI is InChI=1S/C9H18F3NO3S/c1-3-8(2,7-14)13-17(15,16)6-4-5-9(10,11)12/h13-14H,3-7H2,1-2H3. The average molecular weight is 277 g/mol. The Hall–Kier alpha value is -0.340. The Morgan fingerprint density at radius 1 is 1.29 bits per heavy atom. The van der Waals surface area contributed by atoms with E-state index in [0.717, 1.165) is 0 Å². The molecular formula is C9H18F3NO3S. The van der Waals surface area contributed by atoms with E-state index in [0.29, 0.717) is 6.42 Å². The maximum absolute atomic E-state index is 11.8. The van der Waals surface area contributed by atoms with Crippen LogP contribution in [0.4, 0.5) is 13.2 Å². The summed E-state index contributed by atoms with van der Waals surface area (Å²) in [6.07, 6.45) is -5.61. The summed E-state index contributed by atoms with van der Waals surface area (Å²) in [4.78, 5) is 0. The fourth-order valence-electron chi connectivity index (χ4n) is 1.11. The lowest BCUT2D eigenvalue weighted by atomic mass is 10.0. The van der Waals surface area contributed by atoms with Gasteiger partial charge in [0.15, 0.2) is 0 Å². The lowest BCUT2D eigenvalue weighted by Gasteiger charge is -2.26. The zero-order valence-electron chi connectivity index (χ0n) is 9.84. The molecule has 0 aromatic heterocycles. The Labute approximate surface area is 99.3 Å². The van der Waals surface area contributed by atoms with Gasteiger partial charge in [-0.05, 0) is 19.8 Å². The van der Waals surface area contributed by atoms with Gasteiger partial charge in [0.25, 0.3) is 0 Å². The molecule has 0 aliphatic rings. The van der Waals surface area contributed by atoms with Crippen LogP contribution in [0.1, 0.15) is 33.1 Å². The van der Waals surface area contributed by atoms with Crippen LogP contribution >= 0.6 is 0 Å². The number of alkyl halides is 3. The predicted molar refractivity (Wildman–Crippen MR) is 58.0 cm³/mol. The topological polar surface area (TPSA) is 66.4 Å². The van der Waals surface area contributed by atoms with E-state index < -0.39 is 46.9 Å². The summed E-state index contributed by atoms with van der Waals surface area (Å²) in [6.45, 7) is 2.77. The Balaban J connectivity index is 4.31. The summed E-state index contributed by atoms with van der Waals surface area (Å²) >= 11 is 0. The fourth-order valence-corrected chi connectivity index (χ4v) is 2.69. The Morgan fingerprint density at radius 3 is 2.18 bits per heavy atom. The van der Waals surface area contributed by atoms with Gasteiger partial charge >= 0.3 is 6.18 Å². The molecule has 0 aromatic rings. The molecule has 0 spiro atoms. The van der Waals surface area contributed by atoms with Gasteiger partial charge in [0.2, 0.25) is 10.0 Å². The molecule has 0 radical (unpaired) electrons.